The Morgan fingerprint density at radius 1 is 0.724 bits per heavy atom. The van der Waals surface area contributed by atoms with Crippen LogP contribution in [0.4, 0.5) is 17.3 Å². The minimum absolute atomic E-state index is 0.803. The average molecular weight is 380 g/mol. The number of nitrogens with zero attached hydrogens (tertiary/aromatic N) is 5. The molecule has 0 unspecified atom stereocenters. The Kier molecular flexibility index (Phi) is 4.28. The molecular formula is C24H22N5. The second kappa shape index (κ2) is 7.09. The Morgan fingerprint density at radius 2 is 1.24 bits per heavy atom. The molecule has 0 aliphatic carbocycles. The van der Waals surface area contributed by atoms with Crippen LogP contribution in [0, 0.1) is 6.07 Å². The Bertz CT molecular complexity index is 1200. The van der Waals surface area contributed by atoms with E-state index in [2.05, 4.69) is 79.4 Å². The quantitative estimate of drug-likeness (QED) is 0.393. The summed E-state index contributed by atoms with van der Waals surface area (Å²) in [6.07, 6.45) is 0. The maximum atomic E-state index is 4.98. The molecule has 0 bridgehead atoms. The molecule has 5 rings (SSSR count). The van der Waals surface area contributed by atoms with Gasteiger partial charge in [-0.2, -0.15) is 10.2 Å². The molecule has 0 spiro atoms. The van der Waals surface area contributed by atoms with E-state index in [1.165, 1.54) is 0 Å². The first kappa shape index (κ1) is 17.5. The molecule has 5 heteroatoms. The van der Waals surface area contributed by atoms with Gasteiger partial charge in [-0.25, -0.2) is 0 Å². The number of fused-ring (bicyclic) bond motifs is 2. The summed E-state index contributed by atoms with van der Waals surface area (Å²) in [5, 5.41) is 12.1. The van der Waals surface area contributed by atoms with Crippen molar-refractivity contribution in [1.82, 2.24) is 19.6 Å². The molecule has 0 saturated carbocycles. The lowest BCUT2D eigenvalue weighted by atomic mass is 10.2. The predicted molar refractivity (Wildman–Crippen MR) is 118 cm³/mol. The van der Waals surface area contributed by atoms with Crippen molar-refractivity contribution in [3.05, 3.63) is 78.9 Å². The first-order valence-electron chi connectivity index (χ1n) is 9.99. The minimum atomic E-state index is 0.803. The first-order valence-corrected chi connectivity index (χ1v) is 9.99. The van der Waals surface area contributed by atoms with Gasteiger partial charge in [0, 0.05) is 29.9 Å². The van der Waals surface area contributed by atoms with Crippen LogP contribution in [-0.2, 0) is 13.1 Å². The highest BCUT2D eigenvalue weighted by Gasteiger charge is 2.24. The van der Waals surface area contributed by atoms with Gasteiger partial charge in [-0.15, -0.1) is 0 Å². The predicted octanol–water partition coefficient (Wildman–Crippen LogP) is 5.70. The number of anilines is 3. The number of benzene rings is 3. The normalized spacial score (nSPS) is 11.4. The maximum absolute atomic E-state index is 4.98. The molecule has 2 aromatic heterocycles. The topological polar surface area (TPSA) is 38.9 Å². The molecule has 0 aliphatic rings. The molecule has 0 N–H and O–H groups in total. The third-order valence-corrected chi connectivity index (χ3v) is 5.23. The van der Waals surface area contributed by atoms with E-state index in [1.54, 1.807) is 0 Å². The van der Waals surface area contributed by atoms with Crippen LogP contribution < -0.4 is 4.90 Å². The van der Waals surface area contributed by atoms with E-state index in [1.807, 2.05) is 27.6 Å². The van der Waals surface area contributed by atoms with Gasteiger partial charge in [0.15, 0.2) is 11.6 Å². The van der Waals surface area contributed by atoms with Crippen LogP contribution in [0.2, 0.25) is 0 Å². The summed E-state index contributed by atoms with van der Waals surface area (Å²) in [6.45, 7) is 5.83. The zero-order valence-electron chi connectivity index (χ0n) is 16.6. The van der Waals surface area contributed by atoms with Crippen LogP contribution in [0.1, 0.15) is 13.8 Å². The fraction of sp³-hybridized carbons (Fsp3) is 0.167. The van der Waals surface area contributed by atoms with Gasteiger partial charge in [-0.3, -0.25) is 14.3 Å². The lowest BCUT2D eigenvalue weighted by molar-refractivity contribution is 0.676. The summed E-state index contributed by atoms with van der Waals surface area (Å²) in [5.74, 6) is 1.74. The molecule has 143 valence electrons. The average Bonchev–Trinajstić information content (AvgIpc) is 3.34. The molecule has 1 radical (unpaired) electrons. The second-order valence-electron chi connectivity index (χ2n) is 6.90. The van der Waals surface area contributed by atoms with Crippen molar-refractivity contribution in [2.45, 2.75) is 26.9 Å². The van der Waals surface area contributed by atoms with Crippen molar-refractivity contribution in [1.29, 1.82) is 0 Å². The molecular weight excluding hydrogens is 358 g/mol. The van der Waals surface area contributed by atoms with Gasteiger partial charge >= 0.3 is 0 Å². The van der Waals surface area contributed by atoms with Crippen molar-refractivity contribution in [3.8, 4) is 0 Å². The smallest absolute Gasteiger partial charge is 0.168 e. The Balaban J connectivity index is 1.84. The van der Waals surface area contributed by atoms with E-state index in [0.717, 1.165) is 52.2 Å². The number of para-hydroxylation sites is 3. The minimum Gasteiger partial charge on any atom is -0.274 e. The highest BCUT2D eigenvalue weighted by molar-refractivity contribution is 6.01. The zero-order valence-corrected chi connectivity index (χ0v) is 16.6. The van der Waals surface area contributed by atoms with Gasteiger partial charge in [-0.05, 0) is 44.2 Å². The molecule has 0 fully saturated rings. The Hall–Kier alpha value is -3.60. The second-order valence-corrected chi connectivity index (χ2v) is 6.90. The van der Waals surface area contributed by atoms with Crippen LogP contribution in [-0.4, -0.2) is 19.6 Å². The van der Waals surface area contributed by atoms with Crippen LogP contribution in [0.25, 0.3) is 21.8 Å². The van der Waals surface area contributed by atoms with E-state index < -0.39 is 0 Å². The van der Waals surface area contributed by atoms with Gasteiger partial charge in [-0.1, -0.05) is 42.5 Å². The fourth-order valence-corrected chi connectivity index (χ4v) is 3.88. The van der Waals surface area contributed by atoms with Gasteiger partial charge in [0.2, 0.25) is 0 Å². The van der Waals surface area contributed by atoms with Crippen molar-refractivity contribution >= 4 is 39.1 Å². The summed E-state index contributed by atoms with van der Waals surface area (Å²) >= 11 is 0. The number of hydrogen-bond donors (Lipinski definition) is 0. The number of aromatic nitrogens is 4. The van der Waals surface area contributed by atoms with E-state index in [-0.39, 0.29) is 0 Å². The van der Waals surface area contributed by atoms with E-state index >= 15 is 0 Å². The molecule has 0 atom stereocenters. The Labute approximate surface area is 169 Å². The van der Waals surface area contributed by atoms with Gasteiger partial charge in [0.05, 0.1) is 16.7 Å². The lowest BCUT2D eigenvalue weighted by Crippen LogP contribution is -2.13. The van der Waals surface area contributed by atoms with Crippen molar-refractivity contribution in [3.63, 3.8) is 0 Å². The summed E-state index contributed by atoms with van der Waals surface area (Å²) in [6, 6.07) is 28.1. The highest BCUT2D eigenvalue weighted by atomic mass is 15.4. The molecule has 0 amide bonds. The van der Waals surface area contributed by atoms with Crippen molar-refractivity contribution in [2.24, 2.45) is 0 Å². The SMILES string of the molecule is CCn1nc(N(c2[c]cccc2)c2nn(CC)c3ccccc23)c2ccccc21. The molecule has 2 heterocycles. The molecule has 3 aromatic carbocycles. The lowest BCUT2D eigenvalue weighted by Gasteiger charge is -2.20. The van der Waals surface area contributed by atoms with Crippen LogP contribution >= 0.6 is 0 Å². The van der Waals surface area contributed by atoms with Crippen molar-refractivity contribution in [2.75, 3.05) is 4.90 Å². The number of hydrogen-bond acceptors (Lipinski definition) is 3. The summed E-state index contributed by atoms with van der Waals surface area (Å²) in [4.78, 5) is 2.13. The van der Waals surface area contributed by atoms with Crippen LogP contribution in [0.5, 0.6) is 0 Å². The summed E-state index contributed by atoms with van der Waals surface area (Å²) in [7, 11) is 0. The van der Waals surface area contributed by atoms with Gasteiger partial charge < -0.3 is 0 Å². The molecule has 5 aromatic rings. The number of aryl methyl sites for hydroxylation is 2. The Morgan fingerprint density at radius 3 is 1.72 bits per heavy atom. The van der Waals surface area contributed by atoms with Crippen LogP contribution in [0.15, 0.2) is 72.8 Å². The van der Waals surface area contributed by atoms with Crippen molar-refractivity contribution < 1.29 is 0 Å². The maximum Gasteiger partial charge on any atom is 0.168 e. The zero-order chi connectivity index (χ0) is 19.8. The fourth-order valence-electron chi connectivity index (χ4n) is 3.88. The summed E-state index contributed by atoms with van der Waals surface area (Å²) < 4.78 is 4.08. The number of rotatable bonds is 5. The third kappa shape index (κ3) is 2.78. The molecule has 0 saturated heterocycles. The van der Waals surface area contributed by atoms with Gasteiger partial charge in [0.1, 0.15) is 0 Å². The largest absolute Gasteiger partial charge is 0.274 e. The first-order chi connectivity index (χ1) is 14.3. The molecule has 0 aliphatic heterocycles. The van der Waals surface area contributed by atoms with Crippen LogP contribution in [0.3, 0.4) is 0 Å². The molecule has 29 heavy (non-hydrogen) atoms. The van der Waals surface area contributed by atoms with E-state index in [4.69, 9.17) is 10.2 Å². The standard InChI is InChI=1S/C24H22N5/c1-3-27-21-16-10-8-14-19(21)23(25-27)29(18-12-6-5-7-13-18)24-20-15-9-11-17-22(20)28(4-2)26-24/h5-12,14-17H,3-4H2,1-2H3. The molecule has 5 nitrogen and oxygen atoms in total. The van der Waals surface area contributed by atoms with E-state index in [0.29, 0.717) is 0 Å². The highest BCUT2D eigenvalue weighted by Crippen LogP contribution is 2.40. The van der Waals surface area contributed by atoms with E-state index in [9.17, 15) is 0 Å². The van der Waals surface area contributed by atoms with Gasteiger partial charge in [0.25, 0.3) is 0 Å². The monoisotopic (exact) mass is 380 g/mol. The third-order valence-electron chi connectivity index (χ3n) is 5.23. The summed E-state index contributed by atoms with van der Waals surface area (Å²) in [5.41, 5.74) is 3.15.